The van der Waals surface area contributed by atoms with Crippen molar-refractivity contribution in [3.05, 3.63) is 29.8 Å². The number of nitrogens with zero attached hydrogens (tertiary/aromatic N) is 1. The fourth-order valence-corrected chi connectivity index (χ4v) is 1.78. The lowest BCUT2D eigenvalue weighted by molar-refractivity contribution is 0.0709. The van der Waals surface area contributed by atoms with Gasteiger partial charge in [-0.3, -0.25) is 4.90 Å². The van der Waals surface area contributed by atoms with E-state index in [0.717, 1.165) is 5.56 Å². The number of ether oxygens (including phenoxy) is 1. The summed E-state index contributed by atoms with van der Waals surface area (Å²) in [6.07, 6.45) is -2.42. The number of hydrogen-bond donors (Lipinski definition) is 2. The minimum Gasteiger partial charge on any atom is -0.492 e. The second kappa shape index (κ2) is 8.78. The molecular formula is C13H18F2N2O2S. The fourth-order valence-electron chi connectivity index (χ4n) is 1.64. The molecule has 4 nitrogen and oxygen atoms in total. The first-order chi connectivity index (χ1) is 9.52. The van der Waals surface area contributed by atoms with Crippen molar-refractivity contribution in [2.75, 3.05) is 32.8 Å². The van der Waals surface area contributed by atoms with Gasteiger partial charge in [-0.1, -0.05) is 12.2 Å². The highest BCUT2D eigenvalue weighted by Gasteiger charge is 2.11. The molecule has 1 rings (SSSR count). The Morgan fingerprint density at radius 1 is 1.30 bits per heavy atom. The average molecular weight is 304 g/mol. The Kier molecular flexibility index (Phi) is 7.35. The minimum absolute atomic E-state index is 0.157. The summed E-state index contributed by atoms with van der Waals surface area (Å²) < 4.78 is 30.0. The van der Waals surface area contributed by atoms with Crippen molar-refractivity contribution in [3.8, 4) is 5.75 Å². The van der Waals surface area contributed by atoms with Crippen LogP contribution in [0.25, 0.3) is 0 Å². The summed E-state index contributed by atoms with van der Waals surface area (Å²) in [5.74, 6) is 0.617. The summed E-state index contributed by atoms with van der Waals surface area (Å²) in [7, 11) is 0. The number of halogens is 2. The molecule has 0 spiro atoms. The molecule has 1 aromatic carbocycles. The first-order valence-corrected chi connectivity index (χ1v) is 6.57. The van der Waals surface area contributed by atoms with E-state index in [1.165, 1.54) is 4.90 Å². The normalized spacial score (nSPS) is 11.1. The van der Waals surface area contributed by atoms with Crippen LogP contribution in [-0.4, -0.2) is 54.3 Å². The van der Waals surface area contributed by atoms with Crippen LogP contribution in [-0.2, 0) is 0 Å². The molecule has 0 amide bonds. The van der Waals surface area contributed by atoms with Crippen LogP contribution in [0, 0.1) is 0 Å². The van der Waals surface area contributed by atoms with E-state index in [0.29, 0.717) is 17.3 Å². The van der Waals surface area contributed by atoms with Crippen molar-refractivity contribution in [1.29, 1.82) is 0 Å². The van der Waals surface area contributed by atoms with Crippen molar-refractivity contribution in [1.82, 2.24) is 4.90 Å². The van der Waals surface area contributed by atoms with E-state index < -0.39 is 6.43 Å². The zero-order valence-electron chi connectivity index (χ0n) is 11.0. The van der Waals surface area contributed by atoms with Crippen molar-refractivity contribution >= 4 is 17.2 Å². The number of thiocarbonyl (C=S) groups is 1. The molecule has 0 radical (unpaired) electrons. The van der Waals surface area contributed by atoms with Crippen LogP contribution in [0.15, 0.2) is 24.3 Å². The highest BCUT2D eigenvalue weighted by molar-refractivity contribution is 7.80. The molecule has 7 heteroatoms. The molecule has 0 aromatic heterocycles. The Labute approximate surface area is 122 Å². The van der Waals surface area contributed by atoms with E-state index in [-0.39, 0.29) is 26.3 Å². The van der Waals surface area contributed by atoms with Gasteiger partial charge >= 0.3 is 0 Å². The number of hydrogen-bond acceptors (Lipinski definition) is 4. The topological polar surface area (TPSA) is 58.7 Å². The standard InChI is InChI=1S/C13H18F2N2O2S/c14-12(15)9-17(5-7-18)6-8-19-11-3-1-10(2-4-11)13(16)20/h1-4,12,18H,5-9H2,(H2,16,20). The molecule has 0 aliphatic carbocycles. The van der Waals surface area contributed by atoms with Gasteiger partial charge in [-0.15, -0.1) is 0 Å². The molecule has 112 valence electrons. The SMILES string of the molecule is NC(=S)c1ccc(OCCN(CCO)CC(F)F)cc1. The van der Waals surface area contributed by atoms with Gasteiger partial charge in [0, 0.05) is 18.7 Å². The Hall–Kier alpha value is -1.31. The van der Waals surface area contributed by atoms with Crippen molar-refractivity contribution in [2.45, 2.75) is 6.43 Å². The van der Waals surface area contributed by atoms with E-state index in [1.807, 2.05) is 0 Å². The lowest BCUT2D eigenvalue weighted by Gasteiger charge is -2.20. The van der Waals surface area contributed by atoms with E-state index in [9.17, 15) is 8.78 Å². The van der Waals surface area contributed by atoms with E-state index in [2.05, 4.69) is 0 Å². The molecule has 0 saturated heterocycles. The van der Waals surface area contributed by atoms with Gasteiger partial charge in [0.1, 0.15) is 17.3 Å². The van der Waals surface area contributed by atoms with Gasteiger partial charge in [-0.05, 0) is 24.3 Å². The molecule has 0 aliphatic rings. The number of alkyl halides is 2. The Bertz CT molecular complexity index is 415. The van der Waals surface area contributed by atoms with E-state index in [1.54, 1.807) is 24.3 Å². The predicted molar refractivity (Wildman–Crippen MR) is 77.4 cm³/mol. The first kappa shape index (κ1) is 16.7. The van der Waals surface area contributed by atoms with Crippen LogP contribution in [0.3, 0.4) is 0 Å². The first-order valence-electron chi connectivity index (χ1n) is 6.17. The third-order valence-electron chi connectivity index (χ3n) is 2.63. The van der Waals surface area contributed by atoms with Gasteiger partial charge in [0.15, 0.2) is 0 Å². The zero-order chi connectivity index (χ0) is 15.0. The van der Waals surface area contributed by atoms with E-state index in [4.69, 9.17) is 27.8 Å². The van der Waals surface area contributed by atoms with Gasteiger partial charge in [0.25, 0.3) is 6.43 Å². The predicted octanol–water partition coefficient (Wildman–Crippen LogP) is 1.26. The summed E-state index contributed by atoms with van der Waals surface area (Å²) in [6, 6.07) is 6.92. The van der Waals surface area contributed by atoms with Gasteiger partial charge in [-0.2, -0.15) is 0 Å². The second-order valence-corrected chi connectivity index (χ2v) is 4.59. The minimum atomic E-state index is -2.42. The number of aliphatic hydroxyl groups excluding tert-OH is 1. The summed E-state index contributed by atoms with van der Waals surface area (Å²) in [4.78, 5) is 1.76. The Morgan fingerprint density at radius 3 is 2.45 bits per heavy atom. The van der Waals surface area contributed by atoms with Crippen LogP contribution in [0.4, 0.5) is 8.78 Å². The van der Waals surface area contributed by atoms with Crippen LogP contribution >= 0.6 is 12.2 Å². The average Bonchev–Trinajstić information content (AvgIpc) is 2.39. The highest BCUT2D eigenvalue weighted by Crippen LogP contribution is 2.12. The molecule has 0 unspecified atom stereocenters. The quantitative estimate of drug-likeness (QED) is 0.673. The molecular weight excluding hydrogens is 286 g/mol. The maximum atomic E-state index is 12.3. The highest BCUT2D eigenvalue weighted by atomic mass is 32.1. The van der Waals surface area contributed by atoms with Crippen molar-refractivity contribution < 1.29 is 18.6 Å². The fraction of sp³-hybridized carbons (Fsp3) is 0.462. The molecule has 0 aliphatic heterocycles. The number of aliphatic hydroxyl groups is 1. The summed E-state index contributed by atoms with van der Waals surface area (Å²) in [5.41, 5.74) is 6.22. The summed E-state index contributed by atoms with van der Waals surface area (Å²) in [6.45, 7) is 0.259. The van der Waals surface area contributed by atoms with Gasteiger partial charge in [0.2, 0.25) is 0 Å². The van der Waals surface area contributed by atoms with Crippen LogP contribution < -0.4 is 10.5 Å². The van der Waals surface area contributed by atoms with Gasteiger partial charge < -0.3 is 15.6 Å². The van der Waals surface area contributed by atoms with Crippen LogP contribution in [0.1, 0.15) is 5.56 Å². The molecule has 0 atom stereocenters. The molecule has 1 aromatic rings. The van der Waals surface area contributed by atoms with Gasteiger partial charge in [0.05, 0.1) is 13.2 Å². The third kappa shape index (κ3) is 6.23. The Balaban J connectivity index is 2.39. The van der Waals surface area contributed by atoms with Crippen molar-refractivity contribution in [2.24, 2.45) is 5.73 Å². The Morgan fingerprint density at radius 2 is 1.95 bits per heavy atom. The van der Waals surface area contributed by atoms with Gasteiger partial charge in [-0.25, -0.2) is 8.78 Å². The second-order valence-electron chi connectivity index (χ2n) is 4.15. The largest absolute Gasteiger partial charge is 0.492 e. The zero-order valence-corrected chi connectivity index (χ0v) is 11.8. The summed E-state index contributed by atoms with van der Waals surface area (Å²) >= 11 is 4.83. The molecule has 3 N–H and O–H groups in total. The number of rotatable bonds is 9. The van der Waals surface area contributed by atoms with Crippen LogP contribution in [0.2, 0.25) is 0 Å². The van der Waals surface area contributed by atoms with E-state index >= 15 is 0 Å². The molecule has 20 heavy (non-hydrogen) atoms. The lowest BCUT2D eigenvalue weighted by Crippen LogP contribution is -2.35. The van der Waals surface area contributed by atoms with Crippen LogP contribution in [0.5, 0.6) is 5.75 Å². The lowest BCUT2D eigenvalue weighted by atomic mass is 10.2. The third-order valence-corrected chi connectivity index (χ3v) is 2.86. The molecule has 0 saturated carbocycles. The number of nitrogens with two attached hydrogens (primary N) is 1. The molecule has 0 heterocycles. The molecule has 0 bridgehead atoms. The maximum Gasteiger partial charge on any atom is 0.251 e. The smallest absolute Gasteiger partial charge is 0.251 e. The van der Waals surface area contributed by atoms with Crippen molar-refractivity contribution in [3.63, 3.8) is 0 Å². The maximum absolute atomic E-state index is 12.3. The number of benzene rings is 1. The summed E-state index contributed by atoms with van der Waals surface area (Å²) in [5, 5.41) is 8.80. The monoisotopic (exact) mass is 304 g/mol. The molecule has 0 fully saturated rings.